The number of aldehydes is 1. The molecule has 1 aliphatic rings. The molecule has 1 saturated heterocycles. The van der Waals surface area contributed by atoms with E-state index in [0.717, 1.165) is 6.07 Å². The lowest BCUT2D eigenvalue weighted by Crippen LogP contribution is -2.33. The highest BCUT2D eigenvalue weighted by Gasteiger charge is 2.29. The first-order valence-corrected chi connectivity index (χ1v) is 8.88. The molecule has 2 amide bonds. The number of carbonyl (C=O) groups excluding carboxylic acids is 3. The molecule has 146 valence electrons. The number of hydrogen-bond donors (Lipinski definition) is 1. The predicted molar refractivity (Wildman–Crippen MR) is 102 cm³/mol. The summed E-state index contributed by atoms with van der Waals surface area (Å²) in [6, 6.07) is 6.97. The molecule has 3 rings (SSSR count). The van der Waals surface area contributed by atoms with Crippen molar-refractivity contribution in [1.82, 2.24) is 14.8 Å². The molecule has 0 bridgehead atoms. The van der Waals surface area contributed by atoms with E-state index in [-0.39, 0.29) is 23.1 Å². The third-order valence-corrected chi connectivity index (χ3v) is 4.62. The molecule has 2 heterocycles. The Balaban J connectivity index is 1.72. The molecule has 7 nitrogen and oxygen atoms in total. The largest absolute Gasteiger partial charge is 0.365 e. The Bertz CT molecular complexity index is 916. The van der Waals surface area contributed by atoms with Gasteiger partial charge in [0.05, 0.1) is 11.1 Å². The zero-order valence-corrected chi connectivity index (χ0v) is 15.7. The van der Waals surface area contributed by atoms with Gasteiger partial charge in [0, 0.05) is 45.0 Å². The Hall–Kier alpha value is -3.29. The van der Waals surface area contributed by atoms with E-state index in [2.05, 4.69) is 10.3 Å². The number of likely N-dealkylation sites (tertiary alicyclic amines) is 1. The van der Waals surface area contributed by atoms with Crippen molar-refractivity contribution in [3.63, 3.8) is 0 Å². The van der Waals surface area contributed by atoms with Gasteiger partial charge in [0.1, 0.15) is 17.9 Å². The van der Waals surface area contributed by atoms with Crippen LogP contribution in [0.5, 0.6) is 0 Å². The highest BCUT2D eigenvalue weighted by molar-refractivity contribution is 5.98. The van der Waals surface area contributed by atoms with Crippen LogP contribution in [0.4, 0.5) is 10.2 Å². The van der Waals surface area contributed by atoms with E-state index in [4.69, 9.17) is 0 Å². The smallest absolute Gasteiger partial charge is 0.257 e. The Labute approximate surface area is 162 Å². The molecule has 28 heavy (non-hydrogen) atoms. The maximum Gasteiger partial charge on any atom is 0.257 e. The summed E-state index contributed by atoms with van der Waals surface area (Å²) in [4.78, 5) is 43.1. The second-order valence-corrected chi connectivity index (χ2v) is 6.84. The van der Waals surface area contributed by atoms with Crippen LogP contribution in [0.25, 0.3) is 0 Å². The summed E-state index contributed by atoms with van der Waals surface area (Å²) in [6.45, 7) is 0.779. The van der Waals surface area contributed by atoms with Crippen molar-refractivity contribution in [3.8, 4) is 0 Å². The van der Waals surface area contributed by atoms with Gasteiger partial charge in [-0.1, -0.05) is 0 Å². The first kappa shape index (κ1) is 19.5. The van der Waals surface area contributed by atoms with Crippen molar-refractivity contribution in [3.05, 3.63) is 59.0 Å². The van der Waals surface area contributed by atoms with Crippen LogP contribution in [0.15, 0.2) is 36.5 Å². The maximum absolute atomic E-state index is 14.0. The van der Waals surface area contributed by atoms with Gasteiger partial charge in [-0.15, -0.1) is 0 Å². The summed E-state index contributed by atoms with van der Waals surface area (Å²) in [5.41, 5.74) is 0.576. The Morgan fingerprint density at radius 3 is 2.79 bits per heavy atom. The number of carbonyl (C=O) groups is 3. The van der Waals surface area contributed by atoms with E-state index < -0.39 is 11.7 Å². The molecule has 1 N–H and O–H groups in total. The maximum atomic E-state index is 14.0. The average Bonchev–Trinajstić information content (AvgIpc) is 3.16. The number of benzene rings is 1. The molecule has 1 unspecified atom stereocenters. The molecule has 1 aliphatic heterocycles. The van der Waals surface area contributed by atoms with Gasteiger partial charge in [0.2, 0.25) is 0 Å². The van der Waals surface area contributed by atoms with Crippen LogP contribution in [0.2, 0.25) is 0 Å². The number of amides is 2. The number of rotatable bonds is 5. The van der Waals surface area contributed by atoms with Crippen LogP contribution in [-0.4, -0.2) is 66.1 Å². The third kappa shape index (κ3) is 4.00. The highest BCUT2D eigenvalue weighted by Crippen LogP contribution is 2.21. The van der Waals surface area contributed by atoms with Crippen molar-refractivity contribution in [2.24, 2.45) is 0 Å². The Morgan fingerprint density at radius 2 is 2.07 bits per heavy atom. The molecular formula is C20H21FN4O3. The van der Waals surface area contributed by atoms with E-state index in [9.17, 15) is 18.8 Å². The Kier molecular flexibility index (Phi) is 5.67. The monoisotopic (exact) mass is 384 g/mol. The second kappa shape index (κ2) is 8.16. The quantitative estimate of drug-likeness (QED) is 0.798. The van der Waals surface area contributed by atoms with Gasteiger partial charge in [-0.25, -0.2) is 9.37 Å². The molecule has 1 atom stereocenters. The van der Waals surface area contributed by atoms with Crippen molar-refractivity contribution >= 4 is 23.9 Å². The van der Waals surface area contributed by atoms with Crippen LogP contribution in [0, 0.1) is 5.82 Å². The molecule has 8 heteroatoms. The first-order valence-electron chi connectivity index (χ1n) is 8.88. The van der Waals surface area contributed by atoms with Crippen LogP contribution >= 0.6 is 0 Å². The summed E-state index contributed by atoms with van der Waals surface area (Å²) in [5.74, 6) is -0.837. The number of nitrogens with zero attached hydrogens (tertiary/aromatic N) is 3. The summed E-state index contributed by atoms with van der Waals surface area (Å²) in [7, 11) is 3.33. The average molecular weight is 384 g/mol. The van der Waals surface area contributed by atoms with Crippen molar-refractivity contribution < 1.29 is 18.8 Å². The zero-order valence-electron chi connectivity index (χ0n) is 15.7. The van der Waals surface area contributed by atoms with Crippen LogP contribution in [0.3, 0.4) is 0 Å². The SMILES string of the molecule is CN(C)C(=O)c1cccnc1NC1CCN(C(=O)c2cc(C=O)ccc2F)C1. The van der Waals surface area contributed by atoms with Gasteiger partial charge in [-0.2, -0.15) is 0 Å². The number of anilines is 1. The molecule has 2 aromatic rings. The van der Waals surface area contributed by atoms with Gasteiger partial charge in [0.25, 0.3) is 11.8 Å². The normalized spacial score (nSPS) is 16.0. The van der Waals surface area contributed by atoms with E-state index in [0.29, 0.717) is 37.2 Å². The van der Waals surface area contributed by atoms with Crippen molar-refractivity contribution in [2.45, 2.75) is 12.5 Å². The lowest BCUT2D eigenvalue weighted by atomic mass is 10.1. The van der Waals surface area contributed by atoms with Gasteiger partial charge in [-0.05, 0) is 36.8 Å². The minimum atomic E-state index is -0.657. The van der Waals surface area contributed by atoms with Crippen LogP contribution < -0.4 is 5.32 Å². The molecule has 1 fully saturated rings. The second-order valence-electron chi connectivity index (χ2n) is 6.84. The van der Waals surface area contributed by atoms with Crippen LogP contribution in [0.1, 0.15) is 37.5 Å². The summed E-state index contributed by atoms with van der Waals surface area (Å²) in [6.07, 6.45) is 2.80. The lowest BCUT2D eigenvalue weighted by molar-refractivity contribution is 0.0785. The molecule has 0 spiro atoms. The van der Waals surface area contributed by atoms with Gasteiger partial charge >= 0.3 is 0 Å². The molecule has 0 saturated carbocycles. The molecular weight excluding hydrogens is 363 g/mol. The number of nitrogens with one attached hydrogen (secondary N) is 1. The summed E-state index contributed by atoms with van der Waals surface area (Å²) < 4.78 is 14.0. The third-order valence-electron chi connectivity index (χ3n) is 4.62. The van der Waals surface area contributed by atoms with Crippen molar-refractivity contribution in [2.75, 3.05) is 32.5 Å². The fourth-order valence-electron chi connectivity index (χ4n) is 3.14. The van der Waals surface area contributed by atoms with E-state index in [1.54, 1.807) is 32.4 Å². The first-order chi connectivity index (χ1) is 13.4. The van der Waals surface area contributed by atoms with E-state index in [1.165, 1.54) is 21.9 Å². The fraction of sp³-hybridized carbons (Fsp3) is 0.300. The molecule has 0 radical (unpaired) electrons. The molecule has 1 aromatic heterocycles. The minimum Gasteiger partial charge on any atom is -0.365 e. The van der Waals surface area contributed by atoms with Crippen LogP contribution in [-0.2, 0) is 0 Å². The van der Waals surface area contributed by atoms with E-state index >= 15 is 0 Å². The zero-order chi connectivity index (χ0) is 20.3. The van der Waals surface area contributed by atoms with Gasteiger partial charge < -0.3 is 15.1 Å². The molecule has 0 aliphatic carbocycles. The van der Waals surface area contributed by atoms with Gasteiger partial charge in [-0.3, -0.25) is 14.4 Å². The highest BCUT2D eigenvalue weighted by atomic mass is 19.1. The Morgan fingerprint density at radius 1 is 1.29 bits per heavy atom. The number of pyridine rings is 1. The van der Waals surface area contributed by atoms with Gasteiger partial charge in [0.15, 0.2) is 0 Å². The summed E-state index contributed by atoms with van der Waals surface area (Å²) >= 11 is 0. The van der Waals surface area contributed by atoms with E-state index in [1.807, 2.05) is 0 Å². The lowest BCUT2D eigenvalue weighted by Gasteiger charge is -2.19. The predicted octanol–water partition coefficient (Wildman–Crippen LogP) is 2.06. The van der Waals surface area contributed by atoms with Crippen molar-refractivity contribution in [1.29, 1.82) is 0 Å². The molecule has 1 aromatic carbocycles. The number of halogens is 1. The number of hydrogen-bond acceptors (Lipinski definition) is 5. The fourth-order valence-corrected chi connectivity index (χ4v) is 3.14. The number of aromatic nitrogens is 1. The minimum absolute atomic E-state index is 0.119. The summed E-state index contributed by atoms with van der Waals surface area (Å²) in [5, 5.41) is 3.22. The standard InChI is InChI=1S/C20H21FN4O3/c1-24(2)19(27)15-4-3-8-22-18(15)23-14-7-9-25(11-14)20(28)16-10-13(12-26)5-6-17(16)21/h3-6,8,10,12,14H,7,9,11H2,1-2H3,(H,22,23). The topological polar surface area (TPSA) is 82.6 Å².